The number of hydrogen-bond acceptors (Lipinski definition) is 8. The number of likely N-dealkylation sites (tertiary alicyclic amines) is 1. The molecule has 0 radical (unpaired) electrons. The first kappa shape index (κ1) is 27.6. The summed E-state index contributed by atoms with van der Waals surface area (Å²) in [6.07, 6.45) is 0.624. The van der Waals surface area contributed by atoms with E-state index >= 15 is 0 Å². The molecule has 0 spiro atoms. The van der Waals surface area contributed by atoms with Crippen molar-refractivity contribution in [2.24, 2.45) is 24.8 Å². The first-order valence-corrected chi connectivity index (χ1v) is 14.8. The summed E-state index contributed by atoms with van der Waals surface area (Å²) < 4.78 is 44.6. The van der Waals surface area contributed by atoms with Crippen LogP contribution in [0.1, 0.15) is 24.4 Å². The van der Waals surface area contributed by atoms with Crippen LogP contribution in [0.5, 0.6) is 5.88 Å². The normalized spacial score (nSPS) is 24.4. The molecule has 5 rings (SSSR count). The molecule has 3 fully saturated rings. The summed E-state index contributed by atoms with van der Waals surface area (Å²) in [6, 6.07) is 12.8. The van der Waals surface area contributed by atoms with E-state index in [1.165, 1.54) is 28.1 Å². The highest BCUT2D eigenvalue weighted by molar-refractivity contribution is 7.89. The van der Waals surface area contributed by atoms with Gasteiger partial charge in [-0.05, 0) is 36.3 Å². The van der Waals surface area contributed by atoms with Crippen molar-refractivity contribution >= 4 is 22.1 Å². The Labute approximate surface area is 229 Å². The fourth-order valence-electron chi connectivity index (χ4n) is 5.87. The molecule has 4 heterocycles. The van der Waals surface area contributed by atoms with Gasteiger partial charge >= 0.3 is 6.16 Å². The van der Waals surface area contributed by atoms with Crippen molar-refractivity contribution in [3.05, 3.63) is 48.0 Å². The third kappa shape index (κ3) is 5.98. The van der Waals surface area contributed by atoms with Gasteiger partial charge in [0.05, 0.1) is 25.7 Å². The highest BCUT2D eigenvalue weighted by atomic mass is 32.2. The Hall–Kier alpha value is -2.93. The first-order chi connectivity index (χ1) is 18.8. The summed E-state index contributed by atoms with van der Waals surface area (Å²) in [7, 11) is -1.01. The van der Waals surface area contributed by atoms with Gasteiger partial charge in [-0.2, -0.15) is 4.31 Å². The van der Waals surface area contributed by atoms with Crippen molar-refractivity contribution in [2.45, 2.75) is 23.9 Å². The van der Waals surface area contributed by atoms with E-state index in [1.807, 2.05) is 30.3 Å². The third-order valence-corrected chi connectivity index (χ3v) is 9.99. The van der Waals surface area contributed by atoms with Crippen molar-refractivity contribution in [3.8, 4) is 5.88 Å². The molecule has 3 aliphatic rings. The second-order valence-electron chi connectivity index (χ2n) is 10.5. The summed E-state index contributed by atoms with van der Waals surface area (Å²) in [5, 5.41) is 3.32. The molecule has 0 bridgehead atoms. The smallest absolute Gasteiger partial charge is 0.437 e. The highest BCUT2D eigenvalue weighted by Gasteiger charge is 2.45. The largest absolute Gasteiger partial charge is 0.514 e. The van der Waals surface area contributed by atoms with Gasteiger partial charge < -0.3 is 29.0 Å². The van der Waals surface area contributed by atoms with Gasteiger partial charge in [0.25, 0.3) is 10.0 Å². The number of amides is 1. The molecule has 3 saturated heterocycles. The van der Waals surface area contributed by atoms with E-state index in [9.17, 15) is 18.0 Å². The molecule has 2 aromatic rings. The van der Waals surface area contributed by atoms with Crippen LogP contribution in [-0.2, 0) is 31.3 Å². The van der Waals surface area contributed by atoms with Gasteiger partial charge in [-0.3, -0.25) is 4.79 Å². The Kier molecular flexibility index (Phi) is 8.27. The van der Waals surface area contributed by atoms with Crippen molar-refractivity contribution in [3.63, 3.8) is 0 Å². The Bertz CT molecular complexity index is 1260. The molecule has 0 aliphatic carbocycles. The number of fused-ring (bicyclic) bond motifs is 1. The zero-order valence-corrected chi connectivity index (χ0v) is 23.1. The molecule has 0 saturated carbocycles. The van der Waals surface area contributed by atoms with Crippen LogP contribution >= 0.6 is 0 Å². The predicted molar refractivity (Wildman–Crippen MR) is 141 cm³/mol. The third-order valence-electron chi connectivity index (χ3n) is 8.07. The number of benzene rings is 1. The lowest BCUT2D eigenvalue weighted by molar-refractivity contribution is -0.125. The number of methoxy groups -OCH3 is 1. The molecule has 3 aliphatic heterocycles. The summed E-state index contributed by atoms with van der Waals surface area (Å²) in [6.45, 7) is 4.44. The molecule has 1 aromatic heterocycles. The van der Waals surface area contributed by atoms with Crippen LogP contribution in [-0.4, -0.2) is 87.3 Å². The van der Waals surface area contributed by atoms with Gasteiger partial charge in [0.2, 0.25) is 11.8 Å². The van der Waals surface area contributed by atoms with Gasteiger partial charge in [-0.1, -0.05) is 30.3 Å². The van der Waals surface area contributed by atoms with E-state index in [1.54, 1.807) is 7.05 Å². The number of carbonyl (C=O) groups excluding carboxylic acids is 2. The van der Waals surface area contributed by atoms with Gasteiger partial charge in [0.1, 0.15) is 0 Å². The molecule has 212 valence electrons. The van der Waals surface area contributed by atoms with Crippen LogP contribution in [0.15, 0.2) is 47.5 Å². The second kappa shape index (κ2) is 11.7. The minimum atomic E-state index is -3.75. The van der Waals surface area contributed by atoms with Gasteiger partial charge in [0.15, 0.2) is 5.03 Å². The second-order valence-corrected chi connectivity index (χ2v) is 12.4. The van der Waals surface area contributed by atoms with E-state index in [0.29, 0.717) is 26.3 Å². The van der Waals surface area contributed by atoms with E-state index < -0.39 is 16.2 Å². The number of aromatic nitrogens is 1. The lowest BCUT2D eigenvalue weighted by atomic mass is 10.0. The molecule has 1 N–H and O–H groups in total. The molecule has 12 heteroatoms. The summed E-state index contributed by atoms with van der Waals surface area (Å²) in [4.78, 5) is 26.7. The quantitative estimate of drug-likeness (QED) is 0.463. The maximum absolute atomic E-state index is 13.4. The number of nitrogens with one attached hydrogen (secondary N) is 1. The van der Waals surface area contributed by atoms with Crippen LogP contribution in [0.2, 0.25) is 0 Å². The maximum Gasteiger partial charge on any atom is 0.514 e. The average molecular weight is 561 g/mol. The average Bonchev–Trinajstić information content (AvgIpc) is 3.72. The zero-order valence-electron chi connectivity index (χ0n) is 22.3. The fourth-order valence-corrected chi connectivity index (χ4v) is 7.59. The molecule has 3 unspecified atom stereocenters. The van der Waals surface area contributed by atoms with Crippen LogP contribution in [0.3, 0.4) is 0 Å². The van der Waals surface area contributed by atoms with Crippen molar-refractivity contribution in [1.29, 1.82) is 0 Å². The standard InChI is InChI=1S/C27H36N4O7S/c1-29-24(38-27(33)36-2)8-9-25(29)39(34,35)31-16-21-14-30(15-22(21)17-31)12-10-23(19-6-4-3-5-7-19)28-26(32)20-11-13-37-18-20/h3-9,20-23H,10-18H2,1-2H3,(H,28,32)/t20?,21?,22?,23-/m0/s1. The minimum Gasteiger partial charge on any atom is -0.437 e. The summed E-state index contributed by atoms with van der Waals surface area (Å²) in [5.74, 6) is 0.535. The van der Waals surface area contributed by atoms with Gasteiger partial charge in [0, 0.05) is 52.4 Å². The number of sulfonamides is 1. The number of rotatable bonds is 9. The Morgan fingerprint density at radius 1 is 1.08 bits per heavy atom. The van der Waals surface area contributed by atoms with Crippen molar-refractivity contribution in [2.75, 3.05) is 53.0 Å². The Morgan fingerprint density at radius 2 is 1.79 bits per heavy atom. The SMILES string of the molecule is COC(=O)Oc1ccc(S(=O)(=O)N2CC3CN(CC[C@H](NC(=O)C4CCOC4)c4ccccc4)CC3C2)n1C. The predicted octanol–water partition coefficient (Wildman–Crippen LogP) is 2.01. The lowest BCUT2D eigenvalue weighted by Gasteiger charge is -2.25. The number of ether oxygens (including phenoxy) is 3. The summed E-state index contributed by atoms with van der Waals surface area (Å²) >= 11 is 0. The summed E-state index contributed by atoms with van der Waals surface area (Å²) in [5.41, 5.74) is 1.08. The lowest BCUT2D eigenvalue weighted by Crippen LogP contribution is -2.37. The van der Waals surface area contributed by atoms with Crippen LogP contribution in [0.25, 0.3) is 0 Å². The fraction of sp³-hybridized carbons (Fsp3) is 0.556. The van der Waals surface area contributed by atoms with Crippen molar-refractivity contribution < 1.29 is 32.2 Å². The molecule has 1 amide bonds. The Balaban J connectivity index is 1.17. The van der Waals surface area contributed by atoms with Gasteiger partial charge in [-0.25, -0.2) is 13.2 Å². The maximum atomic E-state index is 13.4. The van der Waals surface area contributed by atoms with E-state index in [-0.39, 0.29) is 40.6 Å². The molecule has 11 nitrogen and oxygen atoms in total. The molecule has 1 aromatic carbocycles. The molecular weight excluding hydrogens is 524 g/mol. The van der Waals surface area contributed by atoms with E-state index in [4.69, 9.17) is 9.47 Å². The molecule has 39 heavy (non-hydrogen) atoms. The first-order valence-electron chi connectivity index (χ1n) is 13.3. The number of carbonyl (C=O) groups is 2. The number of hydrogen-bond donors (Lipinski definition) is 1. The number of nitrogens with zero attached hydrogens (tertiary/aromatic N) is 3. The van der Waals surface area contributed by atoms with Crippen LogP contribution in [0, 0.1) is 17.8 Å². The Morgan fingerprint density at radius 3 is 2.44 bits per heavy atom. The zero-order chi connectivity index (χ0) is 27.6. The molecular formula is C27H36N4O7S. The van der Waals surface area contributed by atoms with Gasteiger partial charge in [-0.15, -0.1) is 0 Å². The topological polar surface area (TPSA) is 119 Å². The monoisotopic (exact) mass is 560 g/mol. The van der Waals surface area contributed by atoms with Crippen molar-refractivity contribution in [1.82, 2.24) is 19.1 Å². The van der Waals surface area contributed by atoms with E-state index in [0.717, 1.165) is 38.0 Å². The van der Waals surface area contributed by atoms with E-state index in [2.05, 4.69) is 15.0 Å². The van der Waals surface area contributed by atoms with Crippen LogP contribution in [0.4, 0.5) is 4.79 Å². The minimum absolute atomic E-state index is 0.0429. The highest BCUT2D eigenvalue weighted by Crippen LogP contribution is 2.35. The van der Waals surface area contributed by atoms with Crippen LogP contribution < -0.4 is 10.1 Å². The molecule has 4 atom stereocenters.